The number of benzene rings is 1. The third-order valence-corrected chi connectivity index (χ3v) is 7.74. The number of nitrogens with zero attached hydrogens (tertiary/aromatic N) is 3. The van der Waals surface area contributed by atoms with Crippen molar-refractivity contribution in [3.63, 3.8) is 0 Å². The number of carbonyl (C=O) groups is 1. The molecule has 4 rings (SSSR count). The minimum atomic E-state index is -4.54. The van der Waals surface area contributed by atoms with Crippen molar-refractivity contribution in [2.45, 2.75) is 90.9 Å². The van der Waals surface area contributed by atoms with Crippen molar-refractivity contribution in [1.29, 1.82) is 0 Å². The van der Waals surface area contributed by atoms with Gasteiger partial charge in [0.05, 0.1) is 11.7 Å². The van der Waals surface area contributed by atoms with Gasteiger partial charge in [-0.15, -0.1) is 0 Å². The van der Waals surface area contributed by atoms with Crippen molar-refractivity contribution in [3.05, 3.63) is 51.8 Å². The Labute approximate surface area is 212 Å². The Morgan fingerprint density at radius 2 is 1.86 bits per heavy atom. The monoisotopic (exact) mass is 504 g/mol. The van der Waals surface area contributed by atoms with Crippen LogP contribution in [-0.2, 0) is 17.5 Å². The molecule has 2 heterocycles. The maximum Gasteiger partial charge on any atom is 0.433 e. The van der Waals surface area contributed by atoms with Crippen LogP contribution < -0.4 is 5.32 Å². The smallest absolute Gasteiger partial charge is 0.334 e. The second kappa shape index (κ2) is 11.0. The molecular weight excluding hydrogens is 465 g/mol. The van der Waals surface area contributed by atoms with Gasteiger partial charge in [0.2, 0.25) is 5.91 Å². The second-order valence-corrected chi connectivity index (χ2v) is 10.7. The average molecular weight is 505 g/mol. The summed E-state index contributed by atoms with van der Waals surface area (Å²) in [6, 6.07) is 5.30. The van der Waals surface area contributed by atoms with Gasteiger partial charge in [0.15, 0.2) is 0 Å². The standard InChI is InChI=1S/C28H39F3N4O/c1-5-11-32-12-6-7-22-10-13-34(27(22)23-15-18(2)14-19(3)20(23)4)26(36)17-35-25(28(29,30)31)16-24(33-35)21-8-9-21/h14-16,21-22,27,32H,5-13,17H2,1-4H3/t22-,27+/m0/s1. The Kier molecular flexibility index (Phi) is 8.12. The molecule has 2 aromatic rings. The molecule has 36 heavy (non-hydrogen) atoms. The zero-order chi connectivity index (χ0) is 26.0. The predicted molar refractivity (Wildman–Crippen MR) is 135 cm³/mol. The van der Waals surface area contributed by atoms with E-state index in [9.17, 15) is 18.0 Å². The molecule has 0 unspecified atom stereocenters. The quantitative estimate of drug-likeness (QED) is 0.399. The summed E-state index contributed by atoms with van der Waals surface area (Å²) >= 11 is 0. The van der Waals surface area contributed by atoms with Gasteiger partial charge in [0.1, 0.15) is 12.2 Å². The van der Waals surface area contributed by atoms with E-state index < -0.39 is 11.9 Å². The molecule has 0 bridgehead atoms. The topological polar surface area (TPSA) is 50.2 Å². The van der Waals surface area contributed by atoms with Gasteiger partial charge >= 0.3 is 6.18 Å². The van der Waals surface area contributed by atoms with Gasteiger partial charge in [0.25, 0.3) is 0 Å². The summed E-state index contributed by atoms with van der Waals surface area (Å²) in [6.45, 7) is 10.5. The first kappa shape index (κ1) is 26.7. The molecule has 1 saturated carbocycles. The fraction of sp³-hybridized carbons (Fsp3) is 0.643. The Balaban J connectivity index is 1.59. The number of halogens is 3. The van der Waals surface area contributed by atoms with E-state index in [1.54, 1.807) is 0 Å². The minimum absolute atomic E-state index is 0.0885. The number of nitrogens with one attached hydrogen (secondary N) is 1. The zero-order valence-electron chi connectivity index (χ0n) is 21.9. The van der Waals surface area contributed by atoms with Gasteiger partial charge in [-0.2, -0.15) is 18.3 Å². The van der Waals surface area contributed by atoms with Crippen LogP contribution in [0.25, 0.3) is 0 Å². The summed E-state index contributed by atoms with van der Waals surface area (Å²) < 4.78 is 42.2. The summed E-state index contributed by atoms with van der Waals surface area (Å²) in [5.74, 6) is 0.0747. The highest BCUT2D eigenvalue weighted by atomic mass is 19.4. The summed E-state index contributed by atoms with van der Waals surface area (Å²) in [6.07, 6.45) is 1.10. The van der Waals surface area contributed by atoms with Crippen LogP contribution in [0.4, 0.5) is 13.2 Å². The molecule has 2 aliphatic rings. The normalized spacial score (nSPS) is 20.4. The number of aromatic nitrogens is 2. The first-order valence-corrected chi connectivity index (χ1v) is 13.3. The van der Waals surface area contributed by atoms with Crippen molar-refractivity contribution >= 4 is 5.91 Å². The fourth-order valence-electron chi connectivity index (χ4n) is 5.61. The number of carbonyl (C=O) groups excluding carboxylic acids is 1. The highest BCUT2D eigenvalue weighted by molar-refractivity contribution is 5.77. The van der Waals surface area contributed by atoms with Crippen molar-refractivity contribution in [2.24, 2.45) is 5.92 Å². The van der Waals surface area contributed by atoms with E-state index in [0.717, 1.165) is 79.1 Å². The van der Waals surface area contributed by atoms with Crippen molar-refractivity contribution in [3.8, 4) is 0 Å². The van der Waals surface area contributed by atoms with Crippen LogP contribution in [0.1, 0.15) is 91.1 Å². The van der Waals surface area contributed by atoms with Crippen molar-refractivity contribution in [2.75, 3.05) is 19.6 Å². The van der Waals surface area contributed by atoms with Crippen LogP contribution in [0.3, 0.4) is 0 Å². The third kappa shape index (κ3) is 5.96. The molecule has 1 N–H and O–H groups in total. The van der Waals surface area contributed by atoms with Crippen LogP contribution in [0.5, 0.6) is 0 Å². The minimum Gasteiger partial charge on any atom is -0.334 e. The Morgan fingerprint density at radius 1 is 1.11 bits per heavy atom. The lowest BCUT2D eigenvalue weighted by Gasteiger charge is -2.31. The first-order chi connectivity index (χ1) is 17.1. The molecule has 2 fully saturated rings. The summed E-state index contributed by atoms with van der Waals surface area (Å²) in [5.41, 5.74) is 4.22. The molecule has 0 radical (unpaired) electrons. The summed E-state index contributed by atoms with van der Waals surface area (Å²) in [4.78, 5) is 15.4. The van der Waals surface area contributed by atoms with Gasteiger partial charge in [-0.05, 0) is 101 Å². The van der Waals surface area contributed by atoms with Gasteiger partial charge in [-0.25, -0.2) is 0 Å². The molecule has 1 aliphatic carbocycles. The second-order valence-electron chi connectivity index (χ2n) is 10.7. The lowest BCUT2D eigenvalue weighted by atomic mass is 9.85. The Bertz CT molecular complexity index is 1070. The van der Waals surface area contributed by atoms with Gasteiger partial charge in [0, 0.05) is 12.5 Å². The number of hydrogen-bond donors (Lipinski definition) is 1. The number of likely N-dealkylation sites (tertiary alicyclic amines) is 1. The zero-order valence-corrected chi connectivity index (χ0v) is 21.9. The van der Waals surface area contributed by atoms with Crippen LogP contribution in [0.2, 0.25) is 0 Å². The SMILES string of the molecule is CCCNCCC[C@H]1CCN(C(=O)Cn2nc(C3CC3)cc2C(F)(F)F)[C@H]1c1cc(C)cc(C)c1C. The van der Waals surface area contributed by atoms with Gasteiger partial charge in [-0.3, -0.25) is 9.48 Å². The van der Waals surface area contributed by atoms with Crippen LogP contribution >= 0.6 is 0 Å². The van der Waals surface area contributed by atoms with E-state index in [4.69, 9.17) is 0 Å². The van der Waals surface area contributed by atoms with Crippen molar-refractivity contribution in [1.82, 2.24) is 20.0 Å². The Morgan fingerprint density at radius 3 is 2.53 bits per heavy atom. The lowest BCUT2D eigenvalue weighted by Crippen LogP contribution is -2.36. The molecule has 1 amide bonds. The van der Waals surface area contributed by atoms with Gasteiger partial charge < -0.3 is 10.2 Å². The highest BCUT2D eigenvalue weighted by Gasteiger charge is 2.41. The van der Waals surface area contributed by atoms with E-state index in [2.05, 4.69) is 50.2 Å². The molecule has 1 aliphatic heterocycles. The highest BCUT2D eigenvalue weighted by Crippen LogP contribution is 2.43. The van der Waals surface area contributed by atoms with E-state index in [0.29, 0.717) is 12.2 Å². The van der Waals surface area contributed by atoms with Crippen LogP contribution in [-0.4, -0.2) is 40.2 Å². The van der Waals surface area contributed by atoms with E-state index >= 15 is 0 Å². The largest absolute Gasteiger partial charge is 0.433 e. The predicted octanol–water partition coefficient (Wildman–Crippen LogP) is 6.07. The average Bonchev–Trinajstić information content (AvgIpc) is 3.43. The number of hydrogen-bond acceptors (Lipinski definition) is 3. The molecule has 1 saturated heterocycles. The Hall–Kier alpha value is -2.35. The number of rotatable bonds is 10. The van der Waals surface area contributed by atoms with E-state index in [1.807, 2.05) is 4.90 Å². The maximum atomic E-state index is 13.8. The van der Waals surface area contributed by atoms with Crippen LogP contribution in [0.15, 0.2) is 18.2 Å². The third-order valence-electron chi connectivity index (χ3n) is 7.74. The molecule has 5 nitrogen and oxygen atoms in total. The lowest BCUT2D eigenvalue weighted by molar-refractivity contribution is -0.146. The fourth-order valence-corrected chi connectivity index (χ4v) is 5.61. The van der Waals surface area contributed by atoms with Gasteiger partial charge in [-0.1, -0.05) is 24.6 Å². The molecule has 8 heteroatoms. The van der Waals surface area contributed by atoms with E-state index in [1.165, 1.54) is 5.56 Å². The number of amides is 1. The molecule has 1 aromatic carbocycles. The number of alkyl halides is 3. The molecular formula is C28H39F3N4O. The van der Waals surface area contributed by atoms with Crippen LogP contribution in [0, 0.1) is 26.7 Å². The molecule has 2 atom stereocenters. The summed E-state index contributed by atoms with van der Waals surface area (Å²) in [5, 5.41) is 7.68. The van der Waals surface area contributed by atoms with E-state index in [-0.39, 0.29) is 30.3 Å². The van der Waals surface area contributed by atoms with Crippen molar-refractivity contribution < 1.29 is 18.0 Å². The number of aryl methyl sites for hydroxylation is 2. The molecule has 0 spiro atoms. The molecule has 198 valence electrons. The molecule has 1 aromatic heterocycles. The first-order valence-electron chi connectivity index (χ1n) is 13.3. The maximum absolute atomic E-state index is 13.8. The summed E-state index contributed by atoms with van der Waals surface area (Å²) in [7, 11) is 0.